The molecule has 1 amide bonds. The van der Waals surface area contributed by atoms with E-state index in [9.17, 15) is 10.1 Å². The number of amides is 1. The van der Waals surface area contributed by atoms with Crippen LogP contribution in [0.5, 0.6) is 5.75 Å². The largest absolute Gasteiger partial charge is 0.490 e. The number of aromatic nitrogens is 1. The Bertz CT molecular complexity index is 874. The summed E-state index contributed by atoms with van der Waals surface area (Å²) in [6, 6.07) is 7.76. The lowest BCUT2D eigenvalue weighted by atomic mass is 10.1. The number of hydrogen-bond donors (Lipinski definition) is 1. The van der Waals surface area contributed by atoms with Gasteiger partial charge in [0.1, 0.15) is 23.7 Å². The third kappa shape index (κ3) is 2.70. The lowest BCUT2D eigenvalue weighted by Gasteiger charge is -2.20. The van der Waals surface area contributed by atoms with E-state index in [2.05, 4.69) is 21.3 Å². The third-order valence-corrected chi connectivity index (χ3v) is 4.45. The monoisotopic (exact) mass is 338 g/mol. The van der Waals surface area contributed by atoms with Crippen LogP contribution in [0.15, 0.2) is 24.4 Å². The number of carbonyl (C=O) groups excluding carboxylic acids is 1. The number of ether oxygens (including phenoxy) is 2. The van der Waals surface area contributed by atoms with E-state index in [4.69, 9.17) is 9.47 Å². The molecule has 25 heavy (non-hydrogen) atoms. The fraction of sp³-hybridized carbons (Fsp3) is 0.389. The number of pyridine rings is 1. The molecule has 2 aliphatic heterocycles. The Morgan fingerprint density at radius 3 is 3.00 bits per heavy atom. The maximum absolute atomic E-state index is 11.3. The SMILES string of the molecule is CC(C)Oc1cc2c(N3C[C@@H]4OC(=O)N[C@@H]4C3)nccc2cc1C#N. The maximum Gasteiger partial charge on any atom is 0.407 e. The molecule has 1 N–H and O–H groups in total. The first kappa shape index (κ1) is 15.5. The summed E-state index contributed by atoms with van der Waals surface area (Å²) in [6.07, 6.45) is 1.19. The van der Waals surface area contributed by atoms with Crippen LogP contribution >= 0.6 is 0 Å². The third-order valence-electron chi connectivity index (χ3n) is 4.45. The molecule has 0 unspecified atom stereocenters. The number of fused-ring (bicyclic) bond motifs is 2. The molecule has 2 saturated heterocycles. The average molecular weight is 338 g/mol. The van der Waals surface area contributed by atoms with Crippen LogP contribution in [0.1, 0.15) is 19.4 Å². The summed E-state index contributed by atoms with van der Waals surface area (Å²) < 4.78 is 11.1. The van der Waals surface area contributed by atoms with E-state index >= 15 is 0 Å². The molecule has 2 aliphatic rings. The second kappa shape index (κ2) is 5.81. The second-order valence-electron chi connectivity index (χ2n) is 6.58. The minimum Gasteiger partial charge on any atom is -0.490 e. The number of nitriles is 1. The Morgan fingerprint density at radius 2 is 2.28 bits per heavy atom. The molecule has 0 spiro atoms. The predicted octanol–water partition coefficient (Wildman–Crippen LogP) is 2.19. The Balaban J connectivity index is 1.75. The Morgan fingerprint density at radius 1 is 1.44 bits per heavy atom. The van der Waals surface area contributed by atoms with E-state index in [0.717, 1.165) is 16.6 Å². The van der Waals surface area contributed by atoms with Gasteiger partial charge in [0.25, 0.3) is 0 Å². The molecule has 0 saturated carbocycles. The van der Waals surface area contributed by atoms with Crippen LogP contribution < -0.4 is 15.0 Å². The van der Waals surface area contributed by atoms with Gasteiger partial charge in [0.2, 0.25) is 0 Å². The van der Waals surface area contributed by atoms with Crippen molar-refractivity contribution in [3.63, 3.8) is 0 Å². The van der Waals surface area contributed by atoms with Crippen molar-refractivity contribution in [1.29, 1.82) is 5.26 Å². The average Bonchev–Trinajstić information content (AvgIpc) is 3.10. The van der Waals surface area contributed by atoms with Gasteiger partial charge in [-0.15, -0.1) is 0 Å². The van der Waals surface area contributed by atoms with Gasteiger partial charge in [0.15, 0.2) is 0 Å². The van der Waals surface area contributed by atoms with Gasteiger partial charge < -0.3 is 19.7 Å². The van der Waals surface area contributed by atoms with Crippen molar-refractivity contribution in [3.8, 4) is 11.8 Å². The van der Waals surface area contributed by atoms with Gasteiger partial charge in [-0.25, -0.2) is 9.78 Å². The summed E-state index contributed by atoms with van der Waals surface area (Å²) in [5.41, 5.74) is 0.507. The number of alkyl carbamates (subject to hydrolysis) is 1. The van der Waals surface area contributed by atoms with Crippen LogP contribution in [-0.2, 0) is 4.74 Å². The molecule has 0 radical (unpaired) electrons. The molecule has 0 aliphatic carbocycles. The smallest absolute Gasteiger partial charge is 0.407 e. The van der Waals surface area contributed by atoms with Crippen LogP contribution in [0.3, 0.4) is 0 Å². The zero-order chi connectivity index (χ0) is 17.6. The first-order chi connectivity index (χ1) is 12.0. The molecule has 128 valence electrons. The predicted molar refractivity (Wildman–Crippen MR) is 91.6 cm³/mol. The summed E-state index contributed by atoms with van der Waals surface area (Å²) in [4.78, 5) is 17.9. The molecular formula is C18H18N4O3. The minimum atomic E-state index is -0.355. The van der Waals surface area contributed by atoms with E-state index in [1.54, 1.807) is 6.20 Å². The highest BCUT2D eigenvalue weighted by Crippen LogP contribution is 2.34. The topological polar surface area (TPSA) is 87.5 Å². The fourth-order valence-electron chi connectivity index (χ4n) is 3.40. The molecule has 7 heteroatoms. The van der Waals surface area contributed by atoms with Crippen molar-refractivity contribution in [3.05, 3.63) is 30.0 Å². The lowest BCUT2D eigenvalue weighted by Crippen LogP contribution is -2.32. The first-order valence-corrected chi connectivity index (χ1v) is 8.27. The molecule has 2 aromatic rings. The molecular weight excluding hydrogens is 320 g/mol. The van der Waals surface area contributed by atoms with E-state index in [0.29, 0.717) is 24.4 Å². The summed E-state index contributed by atoms with van der Waals surface area (Å²) in [7, 11) is 0. The second-order valence-corrected chi connectivity index (χ2v) is 6.58. The van der Waals surface area contributed by atoms with Gasteiger partial charge in [0, 0.05) is 18.1 Å². The van der Waals surface area contributed by atoms with Crippen LogP contribution in [-0.4, -0.2) is 42.4 Å². The normalized spacial score (nSPS) is 21.8. The van der Waals surface area contributed by atoms with Gasteiger partial charge in [-0.1, -0.05) is 0 Å². The molecule has 4 rings (SSSR count). The number of nitrogens with zero attached hydrogens (tertiary/aromatic N) is 3. The standard InChI is InChI=1S/C18H18N4O3/c1-10(2)24-15-6-13-11(5-12(15)7-19)3-4-20-17(13)22-8-14-16(9-22)25-18(23)21-14/h3-6,10,14,16H,8-9H2,1-2H3,(H,21,23)/t14-,16+/m1/s1. The van der Waals surface area contributed by atoms with Gasteiger partial charge >= 0.3 is 6.09 Å². The number of nitrogens with one attached hydrogen (secondary N) is 1. The van der Waals surface area contributed by atoms with Gasteiger partial charge in [-0.2, -0.15) is 5.26 Å². The van der Waals surface area contributed by atoms with Crippen LogP contribution in [0.2, 0.25) is 0 Å². The van der Waals surface area contributed by atoms with Gasteiger partial charge in [0.05, 0.1) is 24.3 Å². The summed E-state index contributed by atoms with van der Waals surface area (Å²) in [5, 5.41) is 14.1. The molecule has 2 atom stereocenters. The van der Waals surface area contributed by atoms with E-state index in [-0.39, 0.29) is 24.3 Å². The molecule has 0 bridgehead atoms. The Kier molecular flexibility index (Phi) is 3.61. The Labute approximate surface area is 145 Å². The Hall–Kier alpha value is -3.01. The number of rotatable bonds is 3. The maximum atomic E-state index is 11.3. The number of carbonyl (C=O) groups is 1. The van der Waals surface area contributed by atoms with E-state index < -0.39 is 0 Å². The van der Waals surface area contributed by atoms with Crippen molar-refractivity contribution in [1.82, 2.24) is 10.3 Å². The van der Waals surface area contributed by atoms with Crippen LogP contribution in [0.4, 0.5) is 10.6 Å². The van der Waals surface area contributed by atoms with Crippen molar-refractivity contribution in [2.45, 2.75) is 32.1 Å². The molecule has 1 aromatic heterocycles. The number of benzene rings is 1. The minimum absolute atomic E-state index is 0.0191. The fourth-order valence-corrected chi connectivity index (χ4v) is 3.40. The van der Waals surface area contributed by atoms with Gasteiger partial charge in [-0.3, -0.25) is 0 Å². The summed E-state index contributed by atoms with van der Waals surface area (Å²) in [5.74, 6) is 1.37. The van der Waals surface area contributed by atoms with E-state index in [1.165, 1.54) is 0 Å². The number of anilines is 1. The van der Waals surface area contributed by atoms with Crippen molar-refractivity contribution >= 4 is 22.7 Å². The highest BCUT2D eigenvalue weighted by Gasteiger charge is 2.42. The number of hydrogen-bond acceptors (Lipinski definition) is 6. The molecule has 1 aromatic carbocycles. The van der Waals surface area contributed by atoms with E-state index in [1.807, 2.05) is 32.0 Å². The highest BCUT2D eigenvalue weighted by molar-refractivity contribution is 5.94. The zero-order valence-electron chi connectivity index (χ0n) is 14.0. The lowest BCUT2D eigenvalue weighted by molar-refractivity contribution is 0.144. The zero-order valence-corrected chi connectivity index (χ0v) is 14.0. The quantitative estimate of drug-likeness (QED) is 0.923. The van der Waals surface area contributed by atoms with Crippen LogP contribution in [0.25, 0.3) is 10.8 Å². The van der Waals surface area contributed by atoms with Crippen LogP contribution in [0, 0.1) is 11.3 Å². The van der Waals surface area contributed by atoms with Crippen molar-refractivity contribution < 1.29 is 14.3 Å². The summed E-state index contributed by atoms with van der Waals surface area (Å²) >= 11 is 0. The van der Waals surface area contributed by atoms with Crippen molar-refractivity contribution in [2.75, 3.05) is 18.0 Å². The molecule has 7 nitrogen and oxygen atoms in total. The molecule has 2 fully saturated rings. The summed E-state index contributed by atoms with van der Waals surface area (Å²) in [6.45, 7) is 5.09. The first-order valence-electron chi connectivity index (χ1n) is 8.27. The van der Waals surface area contributed by atoms with Crippen molar-refractivity contribution in [2.24, 2.45) is 0 Å². The van der Waals surface area contributed by atoms with Gasteiger partial charge in [-0.05, 0) is 37.4 Å². The molecule has 3 heterocycles. The highest BCUT2D eigenvalue weighted by atomic mass is 16.6.